The Morgan fingerprint density at radius 3 is 0.929 bits per heavy atom. The lowest BCUT2D eigenvalue weighted by atomic mass is 9.78. The van der Waals surface area contributed by atoms with Crippen LogP contribution < -0.4 is 0 Å². The Labute approximate surface area is 246 Å². The average Bonchev–Trinajstić information content (AvgIpc) is 2.98. The Balaban J connectivity index is 1.97. The highest BCUT2D eigenvalue weighted by Crippen LogP contribution is 2.35. The summed E-state index contributed by atoms with van der Waals surface area (Å²) in [4.78, 5) is 35.2. The van der Waals surface area contributed by atoms with Gasteiger partial charge in [-0.15, -0.1) is 0 Å². The van der Waals surface area contributed by atoms with Gasteiger partial charge < -0.3 is 15.3 Å². The van der Waals surface area contributed by atoms with Crippen LogP contribution in [0.15, 0.2) is 72.8 Å². The highest BCUT2D eigenvalue weighted by molar-refractivity contribution is 5.88. The van der Waals surface area contributed by atoms with E-state index in [1.54, 1.807) is 54.6 Å². The van der Waals surface area contributed by atoms with Gasteiger partial charge in [-0.05, 0) is 125 Å². The average molecular weight is 565 g/mol. The molecular weight excluding hydrogens is 528 g/mol. The van der Waals surface area contributed by atoms with Crippen molar-refractivity contribution in [3.05, 3.63) is 140 Å². The van der Waals surface area contributed by atoms with Crippen LogP contribution in [0.2, 0.25) is 0 Å². The third kappa shape index (κ3) is 6.60. The molecular formula is C36H36O6. The standard InChI is InChI=1S/C36H36O6/c1-4-28-31(19-22-10-7-13-25(16-22)34(37)38)29(5-2)33(21-24-12-9-15-27(18-24)36(41)42)30(6-3)32(28)20-23-11-8-14-26(17-23)35(39)40/h7-18H,4-6,19-21H2,1-3H3,(H,37,38)(H,39,40)(H,41,42). The van der Waals surface area contributed by atoms with Gasteiger partial charge in [0.15, 0.2) is 0 Å². The summed E-state index contributed by atoms with van der Waals surface area (Å²) in [5, 5.41) is 28.8. The highest BCUT2D eigenvalue weighted by Gasteiger charge is 2.23. The molecule has 0 saturated heterocycles. The predicted molar refractivity (Wildman–Crippen MR) is 163 cm³/mol. The van der Waals surface area contributed by atoms with E-state index in [1.165, 1.54) is 16.7 Å². The number of carboxylic acid groups (broad SMARTS) is 3. The van der Waals surface area contributed by atoms with Crippen molar-refractivity contribution < 1.29 is 29.7 Å². The van der Waals surface area contributed by atoms with Gasteiger partial charge >= 0.3 is 17.9 Å². The summed E-state index contributed by atoms with van der Waals surface area (Å²) < 4.78 is 0. The SMILES string of the molecule is CCc1c(Cc2cccc(C(=O)O)c2)c(CC)c(Cc2cccc(C(=O)O)c2)c(CC)c1Cc1cccc(C(=O)O)c1. The molecule has 0 aliphatic rings. The lowest BCUT2D eigenvalue weighted by Crippen LogP contribution is -2.15. The Bertz CT molecular complexity index is 1430. The molecule has 0 heterocycles. The molecule has 6 nitrogen and oxygen atoms in total. The van der Waals surface area contributed by atoms with E-state index in [-0.39, 0.29) is 16.7 Å². The van der Waals surface area contributed by atoms with Crippen molar-refractivity contribution in [2.45, 2.75) is 59.3 Å². The third-order valence-corrected chi connectivity index (χ3v) is 7.91. The Kier molecular flexibility index (Phi) is 9.58. The van der Waals surface area contributed by atoms with E-state index >= 15 is 0 Å². The third-order valence-electron chi connectivity index (χ3n) is 7.91. The Morgan fingerprint density at radius 1 is 0.452 bits per heavy atom. The zero-order valence-corrected chi connectivity index (χ0v) is 24.2. The van der Waals surface area contributed by atoms with Crippen LogP contribution in [-0.4, -0.2) is 33.2 Å². The second kappa shape index (κ2) is 13.3. The van der Waals surface area contributed by atoms with Crippen LogP contribution in [0.25, 0.3) is 0 Å². The van der Waals surface area contributed by atoms with Crippen molar-refractivity contribution in [1.82, 2.24) is 0 Å². The van der Waals surface area contributed by atoms with E-state index < -0.39 is 17.9 Å². The first-order valence-electron chi connectivity index (χ1n) is 14.3. The maximum Gasteiger partial charge on any atom is 0.335 e. The molecule has 0 atom stereocenters. The van der Waals surface area contributed by atoms with Crippen LogP contribution in [-0.2, 0) is 38.5 Å². The van der Waals surface area contributed by atoms with E-state index in [0.717, 1.165) is 52.6 Å². The van der Waals surface area contributed by atoms with Crippen molar-refractivity contribution >= 4 is 17.9 Å². The minimum absolute atomic E-state index is 0.241. The van der Waals surface area contributed by atoms with Crippen molar-refractivity contribution in [2.24, 2.45) is 0 Å². The van der Waals surface area contributed by atoms with Gasteiger partial charge in [0, 0.05) is 0 Å². The fourth-order valence-corrected chi connectivity index (χ4v) is 6.07. The van der Waals surface area contributed by atoms with Crippen molar-refractivity contribution in [3.8, 4) is 0 Å². The first-order chi connectivity index (χ1) is 20.2. The molecule has 0 amide bonds. The maximum atomic E-state index is 11.7. The summed E-state index contributed by atoms with van der Waals surface area (Å²) in [7, 11) is 0. The second-order valence-corrected chi connectivity index (χ2v) is 10.5. The molecule has 0 bridgehead atoms. The van der Waals surface area contributed by atoms with Crippen molar-refractivity contribution in [2.75, 3.05) is 0 Å². The summed E-state index contributed by atoms with van der Waals surface area (Å²) in [5.41, 5.74) is 10.5. The van der Waals surface area contributed by atoms with E-state index in [9.17, 15) is 29.7 Å². The molecule has 0 unspecified atom stereocenters. The van der Waals surface area contributed by atoms with Gasteiger partial charge in [-0.1, -0.05) is 57.2 Å². The lowest BCUT2D eigenvalue weighted by molar-refractivity contribution is 0.0686. The summed E-state index contributed by atoms with van der Waals surface area (Å²) >= 11 is 0. The smallest absolute Gasteiger partial charge is 0.335 e. The number of rotatable bonds is 12. The minimum Gasteiger partial charge on any atom is -0.478 e. The molecule has 6 heteroatoms. The Hall–Kier alpha value is -4.71. The number of aromatic carboxylic acids is 3. The summed E-state index contributed by atoms with van der Waals surface area (Å²) in [6.45, 7) is 6.37. The number of benzene rings is 4. The molecule has 4 rings (SSSR count). The number of hydrogen-bond acceptors (Lipinski definition) is 3. The van der Waals surface area contributed by atoms with E-state index in [2.05, 4.69) is 20.8 Å². The van der Waals surface area contributed by atoms with Gasteiger partial charge in [-0.3, -0.25) is 0 Å². The van der Waals surface area contributed by atoms with Crippen LogP contribution in [0.3, 0.4) is 0 Å². The molecule has 0 radical (unpaired) electrons. The van der Waals surface area contributed by atoms with Crippen LogP contribution in [0.1, 0.15) is 102 Å². The zero-order valence-electron chi connectivity index (χ0n) is 24.2. The highest BCUT2D eigenvalue weighted by atomic mass is 16.4. The molecule has 0 aromatic heterocycles. The van der Waals surface area contributed by atoms with E-state index in [0.29, 0.717) is 19.3 Å². The van der Waals surface area contributed by atoms with Crippen molar-refractivity contribution in [1.29, 1.82) is 0 Å². The zero-order chi connectivity index (χ0) is 30.4. The number of carbonyl (C=O) groups is 3. The van der Waals surface area contributed by atoms with Gasteiger partial charge in [0.25, 0.3) is 0 Å². The van der Waals surface area contributed by atoms with Gasteiger partial charge in [0.1, 0.15) is 0 Å². The molecule has 0 aliphatic heterocycles. The molecule has 3 N–H and O–H groups in total. The van der Waals surface area contributed by atoms with Gasteiger partial charge in [0.05, 0.1) is 16.7 Å². The minimum atomic E-state index is -0.970. The van der Waals surface area contributed by atoms with Crippen LogP contribution >= 0.6 is 0 Å². The normalized spacial score (nSPS) is 10.9. The van der Waals surface area contributed by atoms with Crippen LogP contribution in [0, 0.1) is 0 Å². The van der Waals surface area contributed by atoms with Gasteiger partial charge in [0.2, 0.25) is 0 Å². The molecule has 216 valence electrons. The molecule has 4 aromatic carbocycles. The number of hydrogen-bond donors (Lipinski definition) is 3. The summed E-state index contributed by atoms with van der Waals surface area (Å²) in [5.74, 6) is -2.91. The monoisotopic (exact) mass is 564 g/mol. The number of carboxylic acids is 3. The fourth-order valence-electron chi connectivity index (χ4n) is 6.07. The first-order valence-corrected chi connectivity index (χ1v) is 14.3. The molecule has 0 spiro atoms. The Morgan fingerprint density at radius 2 is 0.714 bits per heavy atom. The largest absolute Gasteiger partial charge is 0.478 e. The molecule has 4 aromatic rings. The molecule has 42 heavy (non-hydrogen) atoms. The fraction of sp³-hybridized carbons (Fsp3) is 0.250. The maximum absolute atomic E-state index is 11.7. The van der Waals surface area contributed by atoms with Gasteiger partial charge in [-0.25, -0.2) is 14.4 Å². The van der Waals surface area contributed by atoms with Crippen LogP contribution in [0.5, 0.6) is 0 Å². The summed E-state index contributed by atoms with van der Waals surface area (Å²) in [6, 6.07) is 21.1. The quantitative estimate of drug-likeness (QED) is 0.167. The predicted octanol–water partition coefficient (Wildman–Crippen LogP) is 7.24. The van der Waals surface area contributed by atoms with E-state index in [4.69, 9.17) is 0 Å². The second-order valence-electron chi connectivity index (χ2n) is 10.5. The van der Waals surface area contributed by atoms with Crippen LogP contribution in [0.4, 0.5) is 0 Å². The molecule has 0 aliphatic carbocycles. The molecule has 0 saturated carbocycles. The molecule has 0 fully saturated rings. The lowest BCUT2D eigenvalue weighted by Gasteiger charge is -2.27. The topological polar surface area (TPSA) is 112 Å². The summed E-state index contributed by atoms with van der Waals surface area (Å²) in [6.07, 6.45) is 3.95. The van der Waals surface area contributed by atoms with Gasteiger partial charge in [-0.2, -0.15) is 0 Å². The first kappa shape index (κ1) is 30.3. The van der Waals surface area contributed by atoms with Crippen molar-refractivity contribution in [3.63, 3.8) is 0 Å². The van der Waals surface area contributed by atoms with E-state index in [1.807, 2.05) is 18.2 Å².